The predicted molar refractivity (Wildman–Crippen MR) is 81.9 cm³/mol. The zero-order valence-electron chi connectivity index (χ0n) is 12.6. The van der Waals surface area contributed by atoms with Crippen molar-refractivity contribution in [2.45, 2.75) is 31.6 Å². The first-order valence-electron chi connectivity index (χ1n) is 7.46. The van der Waals surface area contributed by atoms with Gasteiger partial charge < -0.3 is 19.8 Å². The molecule has 1 saturated heterocycles. The van der Waals surface area contributed by atoms with Crippen molar-refractivity contribution in [1.29, 1.82) is 0 Å². The van der Waals surface area contributed by atoms with Gasteiger partial charge in [-0.2, -0.15) is 0 Å². The first-order chi connectivity index (χ1) is 10.6. The van der Waals surface area contributed by atoms with Gasteiger partial charge in [0.15, 0.2) is 0 Å². The molecule has 1 aromatic rings. The van der Waals surface area contributed by atoms with Crippen molar-refractivity contribution in [3.63, 3.8) is 0 Å². The Bertz CT molecular complexity index is 506. The van der Waals surface area contributed by atoms with Crippen LogP contribution in [0.2, 0.25) is 0 Å². The molecule has 1 aliphatic heterocycles. The van der Waals surface area contributed by atoms with Crippen molar-refractivity contribution < 1.29 is 19.7 Å². The molecule has 2 N–H and O–H groups in total. The molecule has 3 atom stereocenters. The number of nitrogens with zero attached hydrogens (tertiary/aromatic N) is 2. The summed E-state index contributed by atoms with van der Waals surface area (Å²) in [6.07, 6.45) is 5.27. The van der Waals surface area contributed by atoms with Gasteiger partial charge in [-0.3, -0.25) is 9.78 Å². The van der Waals surface area contributed by atoms with E-state index < -0.39 is 18.2 Å². The molecule has 0 spiro atoms. The van der Waals surface area contributed by atoms with Crippen molar-refractivity contribution in [1.82, 2.24) is 9.88 Å². The van der Waals surface area contributed by atoms with Crippen molar-refractivity contribution in [2.75, 3.05) is 19.8 Å². The second-order valence-electron chi connectivity index (χ2n) is 5.31. The third-order valence-corrected chi connectivity index (χ3v) is 3.62. The number of aliphatic hydroxyl groups excluding tert-OH is 2. The molecule has 1 aliphatic rings. The Hall–Kier alpha value is -1.76. The summed E-state index contributed by atoms with van der Waals surface area (Å²) in [5.41, 5.74) is 0.827. The summed E-state index contributed by atoms with van der Waals surface area (Å²) < 4.78 is 5.27. The Balaban J connectivity index is 2.09. The van der Waals surface area contributed by atoms with E-state index in [1.165, 1.54) is 6.08 Å². The lowest BCUT2D eigenvalue weighted by atomic mass is 10.0. The number of carbonyl (C=O) groups is 1. The Kier molecular flexibility index (Phi) is 6.06. The lowest BCUT2D eigenvalue weighted by molar-refractivity contribution is -0.152. The van der Waals surface area contributed by atoms with Crippen LogP contribution in [0, 0.1) is 0 Å². The summed E-state index contributed by atoms with van der Waals surface area (Å²) in [6, 6.07) is 3.11. The number of aliphatic hydroxyl groups is 2. The molecule has 6 nitrogen and oxygen atoms in total. The first-order valence-corrected chi connectivity index (χ1v) is 7.46. The average Bonchev–Trinajstić information content (AvgIpc) is 2.54. The Morgan fingerprint density at radius 3 is 3.00 bits per heavy atom. The number of pyridine rings is 1. The number of rotatable bonds is 5. The molecule has 0 aliphatic carbocycles. The highest BCUT2D eigenvalue weighted by Gasteiger charge is 2.36. The molecule has 6 heteroatoms. The summed E-state index contributed by atoms with van der Waals surface area (Å²) >= 11 is 0. The van der Waals surface area contributed by atoms with Gasteiger partial charge in [-0.05, 0) is 24.1 Å². The van der Waals surface area contributed by atoms with Crippen molar-refractivity contribution >= 4 is 12.0 Å². The number of carbonyl (C=O) groups excluding carboxylic acids is 1. The van der Waals surface area contributed by atoms with E-state index in [0.29, 0.717) is 6.54 Å². The number of hydrogen-bond acceptors (Lipinski definition) is 5. The van der Waals surface area contributed by atoms with Gasteiger partial charge in [0.25, 0.3) is 0 Å². The van der Waals surface area contributed by atoms with E-state index in [1.807, 2.05) is 13.0 Å². The van der Waals surface area contributed by atoms with E-state index in [1.54, 1.807) is 29.4 Å². The molecular weight excluding hydrogens is 284 g/mol. The standard InChI is InChI=1S/C16H22N2O4/c1-2-8-18(13-10-22-11-14(19)16(13)21)15(20)6-5-12-4-3-7-17-9-12/h3-7,9,13-14,16,19,21H,2,8,10-11H2,1H3/b6-5+/t13-,14-,16+/m1/s1. The molecule has 0 saturated carbocycles. The van der Waals surface area contributed by atoms with Crippen LogP contribution in [0.1, 0.15) is 18.9 Å². The van der Waals surface area contributed by atoms with E-state index in [0.717, 1.165) is 12.0 Å². The molecular formula is C16H22N2O4. The SMILES string of the molecule is CCCN(C(=O)/C=C/c1cccnc1)[C@@H]1COC[C@@H](O)[C@H]1O. The molecule has 2 heterocycles. The van der Waals surface area contributed by atoms with Crippen molar-refractivity contribution in [3.05, 3.63) is 36.2 Å². The quantitative estimate of drug-likeness (QED) is 0.772. The van der Waals surface area contributed by atoms with Crippen LogP contribution in [0.4, 0.5) is 0 Å². The smallest absolute Gasteiger partial charge is 0.246 e. The van der Waals surface area contributed by atoms with Gasteiger partial charge in [-0.25, -0.2) is 0 Å². The summed E-state index contributed by atoms with van der Waals surface area (Å²) in [5, 5.41) is 19.8. The van der Waals surface area contributed by atoms with Crippen LogP contribution in [-0.2, 0) is 9.53 Å². The fourth-order valence-corrected chi connectivity index (χ4v) is 2.46. The maximum Gasteiger partial charge on any atom is 0.246 e. The van der Waals surface area contributed by atoms with Gasteiger partial charge >= 0.3 is 0 Å². The minimum absolute atomic E-state index is 0.0946. The summed E-state index contributed by atoms with van der Waals surface area (Å²) in [5.74, 6) is -0.215. The Labute approximate surface area is 130 Å². The van der Waals surface area contributed by atoms with E-state index in [2.05, 4.69) is 4.98 Å². The molecule has 0 bridgehead atoms. The minimum Gasteiger partial charge on any atom is -0.388 e. The van der Waals surface area contributed by atoms with E-state index >= 15 is 0 Å². The van der Waals surface area contributed by atoms with E-state index in [9.17, 15) is 15.0 Å². The lowest BCUT2D eigenvalue weighted by Gasteiger charge is -2.39. The predicted octanol–water partition coefficient (Wildman–Crippen LogP) is 0.454. The Morgan fingerprint density at radius 1 is 1.50 bits per heavy atom. The Morgan fingerprint density at radius 2 is 2.32 bits per heavy atom. The second-order valence-corrected chi connectivity index (χ2v) is 5.31. The lowest BCUT2D eigenvalue weighted by Crippen LogP contribution is -2.57. The number of hydrogen-bond donors (Lipinski definition) is 2. The highest BCUT2D eigenvalue weighted by atomic mass is 16.5. The van der Waals surface area contributed by atoms with Crippen LogP contribution < -0.4 is 0 Å². The first kappa shape index (κ1) is 16.6. The third kappa shape index (κ3) is 4.13. The van der Waals surface area contributed by atoms with Gasteiger partial charge in [0.2, 0.25) is 5.91 Å². The average molecular weight is 306 g/mol. The van der Waals surface area contributed by atoms with Crippen LogP contribution in [0.25, 0.3) is 6.08 Å². The van der Waals surface area contributed by atoms with Crippen molar-refractivity contribution in [2.24, 2.45) is 0 Å². The monoisotopic (exact) mass is 306 g/mol. The maximum absolute atomic E-state index is 12.4. The number of amides is 1. The van der Waals surface area contributed by atoms with E-state index in [-0.39, 0.29) is 19.1 Å². The molecule has 0 unspecified atom stereocenters. The molecule has 1 amide bonds. The van der Waals surface area contributed by atoms with Gasteiger partial charge in [0.1, 0.15) is 12.2 Å². The number of aromatic nitrogens is 1. The molecule has 2 rings (SSSR count). The zero-order chi connectivity index (χ0) is 15.9. The highest BCUT2D eigenvalue weighted by molar-refractivity contribution is 5.92. The number of ether oxygens (including phenoxy) is 1. The van der Waals surface area contributed by atoms with Crippen molar-refractivity contribution in [3.8, 4) is 0 Å². The fraction of sp³-hybridized carbons (Fsp3) is 0.500. The fourth-order valence-electron chi connectivity index (χ4n) is 2.46. The van der Waals surface area contributed by atoms with Gasteiger partial charge in [0, 0.05) is 25.0 Å². The largest absolute Gasteiger partial charge is 0.388 e. The van der Waals surface area contributed by atoms with Crippen LogP contribution >= 0.6 is 0 Å². The summed E-state index contributed by atoms with van der Waals surface area (Å²) in [7, 11) is 0. The van der Waals surface area contributed by atoms with Crippen LogP contribution in [0.5, 0.6) is 0 Å². The molecule has 1 aromatic heterocycles. The molecule has 0 aromatic carbocycles. The van der Waals surface area contributed by atoms with Crippen LogP contribution in [0.15, 0.2) is 30.6 Å². The van der Waals surface area contributed by atoms with Crippen LogP contribution in [-0.4, -0.2) is 64.0 Å². The highest BCUT2D eigenvalue weighted by Crippen LogP contribution is 2.16. The molecule has 1 fully saturated rings. The second kappa shape index (κ2) is 8.03. The summed E-state index contributed by atoms with van der Waals surface area (Å²) in [6.45, 7) is 2.77. The van der Waals surface area contributed by atoms with E-state index in [4.69, 9.17) is 4.74 Å². The molecule has 0 radical (unpaired) electrons. The minimum atomic E-state index is -0.990. The van der Waals surface area contributed by atoms with Gasteiger partial charge in [0.05, 0.1) is 19.3 Å². The maximum atomic E-state index is 12.4. The molecule has 120 valence electrons. The zero-order valence-corrected chi connectivity index (χ0v) is 12.6. The third-order valence-electron chi connectivity index (χ3n) is 3.62. The molecule has 22 heavy (non-hydrogen) atoms. The summed E-state index contributed by atoms with van der Waals surface area (Å²) in [4.78, 5) is 18.0. The van der Waals surface area contributed by atoms with Gasteiger partial charge in [-0.15, -0.1) is 0 Å². The van der Waals surface area contributed by atoms with Crippen LogP contribution in [0.3, 0.4) is 0 Å². The topological polar surface area (TPSA) is 82.9 Å². The van der Waals surface area contributed by atoms with Gasteiger partial charge in [-0.1, -0.05) is 13.0 Å². The normalized spacial score (nSPS) is 25.3.